The lowest BCUT2D eigenvalue weighted by Gasteiger charge is -2.47. The second-order valence-electron chi connectivity index (χ2n) is 9.41. The van der Waals surface area contributed by atoms with Crippen molar-refractivity contribution < 1.29 is 35.3 Å². The molecule has 0 bridgehead atoms. The van der Waals surface area contributed by atoms with E-state index in [1.54, 1.807) is 25.3 Å². The number of alkyl halides is 3. The molecule has 0 spiro atoms. The molecule has 1 amide bonds. The standard InChI is InChI=1S/C25H27ClF3NO5S/c1-4-24-12-11-19(18-10-9-17(34-3)13-20(18)26)21(22(24)14(2)30-23(24)31)15-5-7-16(8-6-15)35-36(32,33)25(27,28)29/h5-10,13-14,19,21-22H,4,11-12H2,1-3H3,(H,30,31)/t14-,19+,21+,22+,24-/m1/s1. The summed E-state index contributed by atoms with van der Waals surface area (Å²) in [5.74, 6) is -0.250. The predicted octanol–water partition coefficient (Wildman–Crippen LogP) is 5.77. The third kappa shape index (κ3) is 4.42. The monoisotopic (exact) mass is 545 g/mol. The van der Waals surface area contributed by atoms with Crippen LogP contribution in [0.1, 0.15) is 56.1 Å². The van der Waals surface area contributed by atoms with Crippen molar-refractivity contribution in [1.82, 2.24) is 5.32 Å². The summed E-state index contributed by atoms with van der Waals surface area (Å²) in [6.07, 6.45) is 1.97. The molecular weight excluding hydrogens is 519 g/mol. The van der Waals surface area contributed by atoms with Crippen LogP contribution in [0.15, 0.2) is 42.5 Å². The van der Waals surface area contributed by atoms with Gasteiger partial charge >= 0.3 is 15.6 Å². The zero-order valence-electron chi connectivity index (χ0n) is 19.9. The van der Waals surface area contributed by atoms with E-state index in [1.165, 1.54) is 12.1 Å². The number of halogens is 4. The minimum Gasteiger partial charge on any atom is -0.497 e. The topological polar surface area (TPSA) is 81.7 Å². The first-order chi connectivity index (χ1) is 16.8. The fourth-order valence-electron chi connectivity index (χ4n) is 6.06. The second kappa shape index (κ2) is 9.45. The lowest BCUT2D eigenvalue weighted by Crippen LogP contribution is -2.43. The van der Waals surface area contributed by atoms with Gasteiger partial charge in [0.2, 0.25) is 5.91 Å². The Hall–Kier alpha value is -2.46. The maximum atomic E-state index is 13.1. The number of hydrogen-bond donors (Lipinski definition) is 1. The highest BCUT2D eigenvalue weighted by molar-refractivity contribution is 7.88. The normalized spacial score (nSPS) is 28.4. The lowest BCUT2D eigenvalue weighted by molar-refractivity contribution is -0.131. The quantitative estimate of drug-likeness (QED) is 0.368. The summed E-state index contributed by atoms with van der Waals surface area (Å²) < 4.78 is 70.7. The van der Waals surface area contributed by atoms with Crippen LogP contribution in [0.4, 0.5) is 13.2 Å². The SMILES string of the molecule is CC[C@@]12CC[C@@H](c3ccc(OC)cc3Cl)[C@H](c3ccc(OS(=O)(=O)C(F)(F)F)cc3)[C@@H]1[C@@H](C)NC2=O. The van der Waals surface area contributed by atoms with Gasteiger partial charge in [-0.05, 0) is 73.4 Å². The highest BCUT2D eigenvalue weighted by atomic mass is 35.5. The smallest absolute Gasteiger partial charge is 0.497 e. The largest absolute Gasteiger partial charge is 0.534 e. The number of fused-ring (bicyclic) bond motifs is 1. The van der Waals surface area contributed by atoms with Gasteiger partial charge in [-0.1, -0.05) is 36.7 Å². The van der Waals surface area contributed by atoms with E-state index in [9.17, 15) is 26.4 Å². The molecular formula is C25H27ClF3NO5S. The molecule has 2 fully saturated rings. The van der Waals surface area contributed by atoms with Crippen molar-refractivity contribution >= 4 is 27.6 Å². The highest BCUT2D eigenvalue weighted by Gasteiger charge is 2.59. The van der Waals surface area contributed by atoms with E-state index in [0.29, 0.717) is 30.0 Å². The molecule has 0 unspecified atom stereocenters. The van der Waals surface area contributed by atoms with E-state index >= 15 is 0 Å². The molecule has 4 rings (SSSR count). The molecule has 196 valence electrons. The number of carbonyl (C=O) groups excluding carboxylic acids is 1. The molecule has 1 saturated carbocycles. The van der Waals surface area contributed by atoms with Crippen LogP contribution in [0.2, 0.25) is 5.02 Å². The van der Waals surface area contributed by atoms with E-state index in [4.69, 9.17) is 16.3 Å². The van der Waals surface area contributed by atoms with E-state index in [-0.39, 0.29) is 29.7 Å². The number of hydrogen-bond acceptors (Lipinski definition) is 5. The van der Waals surface area contributed by atoms with Gasteiger partial charge in [-0.15, -0.1) is 0 Å². The molecule has 1 heterocycles. The summed E-state index contributed by atoms with van der Waals surface area (Å²) in [6.45, 7) is 3.94. The zero-order valence-corrected chi connectivity index (χ0v) is 21.5. The summed E-state index contributed by atoms with van der Waals surface area (Å²) in [6, 6.07) is 10.9. The first-order valence-corrected chi connectivity index (χ1v) is 13.4. The number of ether oxygens (including phenoxy) is 1. The van der Waals surface area contributed by atoms with Gasteiger partial charge in [-0.3, -0.25) is 4.79 Å². The number of rotatable bonds is 6. The molecule has 2 aliphatic rings. The van der Waals surface area contributed by atoms with Gasteiger partial charge in [0.05, 0.1) is 12.5 Å². The van der Waals surface area contributed by atoms with Crippen molar-refractivity contribution in [1.29, 1.82) is 0 Å². The van der Waals surface area contributed by atoms with Crippen molar-refractivity contribution in [2.24, 2.45) is 11.3 Å². The van der Waals surface area contributed by atoms with Gasteiger partial charge in [0.15, 0.2) is 0 Å². The van der Waals surface area contributed by atoms with E-state index in [1.807, 2.05) is 26.0 Å². The Balaban J connectivity index is 1.78. The van der Waals surface area contributed by atoms with Crippen molar-refractivity contribution in [3.05, 3.63) is 58.6 Å². The van der Waals surface area contributed by atoms with E-state index in [2.05, 4.69) is 9.50 Å². The first kappa shape index (κ1) is 26.6. The Morgan fingerprint density at radius 3 is 2.33 bits per heavy atom. The molecule has 1 aliphatic carbocycles. The third-order valence-electron chi connectivity index (χ3n) is 7.70. The maximum Gasteiger partial charge on any atom is 0.534 e. The van der Waals surface area contributed by atoms with Crippen LogP contribution >= 0.6 is 11.6 Å². The van der Waals surface area contributed by atoms with Gasteiger partial charge in [-0.25, -0.2) is 0 Å². The van der Waals surface area contributed by atoms with Gasteiger partial charge < -0.3 is 14.2 Å². The average molecular weight is 546 g/mol. The molecule has 1 aliphatic heterocycles. The van der Waals surface area contributed by atoms with Gasteiger partial charge in [0.1, 0.15) is 11.5 Å². The third-order valence-corrected chi connectivity index (χ3v) is 9.01. The van der Waals surface area contributed by atoms with Crippen molar-refractivity contribution in [3.63, 3.8) is 0 Å². The van der Waals surface area contributed by atoms with Crippen LogP contribution in [0.5, 0.6) is 11.5 Å². The molecule has 2 aromatic carbocycles. The number of carbonyl (C=O) groups is 1. The fourth-order valence-corrected chi connectivity index (χ4v) is 6.83. The predicted molar refractivity (Wildman–Crippen MR) is 129 cm³/mol. The molecule has 11 heteroatoms. The summed E-state index contributed by atoms with van der Waals surface area (Å²) in [5.41, 5.74) is -4.47. The van der Waals surface area contributed by atoms with E-state index < -0.39 is 26.8 Å². The summed E-state index contributed by atoms with van der Waals surface area (Å²) >= 11 is 6.66. The summed E-state index contributed by atoms with van der Waals surface area (Å²) in [5, 5.41) is 3.62. The summed E-state index contributed by atoms with van der Waals surface area (Å²) in [7, 11) is -4.24. The lowest BCUT2D eigenvalue weighted by atomic mass is 9.54. The minimum atomic E-state index is -5.78. The molecule has 1 N–H and O–H groups in total. The van der Waals surface area contributed by atoms with Crippen molar-refractivity contribution in [2.45, 2.75) is 56.5 Å². The summed E-state index contributed by atoms with van der Waals surface area (Å²) in [4.78, 5) is 13.1. The number of nitrogens with one attached hydrogen (secondary N) is 1. The number of benzene rings is 2. The molecule has 2 aromatic rings. The number of amides is 1. The average Bonchev–Trinajstić information content (AvgIpc) is 3.08. The van der Waals surface area contributed by atoms with Crippen LogP contribution in [-0.2, 0) is 14.9 Å². The zero-order chi connectivity index (χ0) is 26.5. The maximum absolute atomic E-state index is 13.1. The molecule has 1 saturated heterocycles. The Bertz CT molecular complexity index is 1250. The molecule has 5 atom stereocenters. The van der Waals surface area contributed by atoms with Gasteiger partial charge in [0.25, 0.3) is 0 Å². The van der Waals surface area contributed by atoms with Crippen LogP contribution < -0.4 is 14.2 Å². The Kier molecular flexibility index (Phi) is 6.98. The van der Waals surface area contributed by atoms with Crippen LogP contribution in [0, 0.1) is 11.3 Å². The second-order valence-corrected chi connectivity index (χ2v) is 11.4. The molecule has 0 aromatic heterocycles. The Labute approximate surface area is 213 Å². The van der Waals surface area contributed by atoms with Crippen LogP contribution in [-0.4, -0.2) is 33.0 Å². The first-order valence-electron chi connectivity index (χ1n) is 11.6. The Morgan fingerprint density at radius 2 is 1.78 bits per heavy atom. The van der Waals surface area contributed by atoms with Crippen molar-refractivity contribution in [2.75, 3.05) is 7.11 Å². The fraction of sp³-hybridized carbons (Fsp3) is 0.480. The van der Waals surface area contributed by atoms with Crippen molar-refractivity contribution in [3.8, 4) is 11.5 Å². The van der Waals surface area contributed by atoms with Crippen LogP contribution in [0.25, 0.3) is 0 Å². The molecule has 6 nitrogen and oxygen atoms in total. The van der Waals surface area contributed by atoms with Crippen LogP contribution in [0.3, 0.4) is 0 Å². The van der Waals surface area contributed by atoms with Gasteiger partial charge in [-0.2, -0.15) is 21.6 Å². The van der Waals surface area contributed by atoms with E-state index in [0.717, 1.165) is 11.1 Å². The van der Waals surface area contributed by atoms with Gasteiger partial charge in [0, 0.05) is 17.0 Å². The highest BCUT2D eigenvalue weighted by Crippen LogP contribution is 2.60. The Morgan fingerprint density at radius 1 is 1.14 bits per heavy atom. The number of methoxy groups -OCH3 is 1. The molecule has 36 heavy (non-hydrogen) atoms. The molecule has 0 radical (unpaired) electrons. The minimum absolute atomic E-state index is 0.00278.